The maximum atomic E-state index is 12.4. The molecule has 0 N–H and O–H groups in total. The van der Waals surface area contributed by atoms with E-state index in [1.807, 2.05) is 0 Å². The molecular weight excluding hydrogens is 320 g/mol. The Kier molecular flexibility index (Phi) is 3.69. The number of para-hydroxylation sites is 1. The third-order valence-electron chi connectivity index (χ3n) is 4.03. The number of fused-ring (bicyclic) bond motifs is 1. The molecule has 1 unspecified atom stereocenters. The third kappa shape index (κ3) is 2.41. The Bertz CT molecular complexity index is 937. The zero-order chi connectivity index (χ0) is 16.8. The van der Waals surface area contributed by atoms with Gasteiger partial charge in [0.1, 0.15) is 6.04 Å². The summed E-state index contributed by atoms with van der Waals surface area (Å²) >= 11 is 0. The van der Waals surface area contributed by atoms with E-state index in [9.17, 15) is 18.0 Å². The third-order valence-corrected chi connectivity index (χ3v) is 6.00. The van der Waals surface area contributed by atoms with E-state index < -0.39 is 22.2 Å². The Labute approximate surface area is 133 Å². The molecule has 3 rings (SSSR count). The number of benzene rings is 1. The topological polar surface area (TPSA) is 92.6 Å². The van der Waals surface area contributed by atoms with Crippen LogP contribution < -0.4 is 5.56 Å². The van der Waals surface area contributed by atoms with E-state index in [0.717, 1.165) is 8.61 Å². The van der Waals surface area contributed by atoms with Crippen LogP contribution in [0, 0.1) is 0 Å². The predicted octanol–water partition coefficient (Wildman–Crippen LogP) is -0.196. The normalized spacial score (nSPS) is 21.2. The van der Waals surface area contributed by atoms with Gasteiger partial charge in [-0.3, -0.25) is 14.2 Å². The Morgan fingerprint density at radius 3 is 2.52 bits per heavy atom. The number of carbonyl (C=O) groups is 1. The van der Waals surface area contributed by atoms with Crippen molar-refractivity contribution in [2.24, 2.45) is 0 Å². The smallest absolute Gasteiger partial charge is 0.297 e. The van der Waals surface area contributed by atoms with Crippen molar-refractivity contribution in [1.82, 2.24) is 18.2 Å². The quantitative estimate of drug-likeness (QED) is 0.774. The molecule has 0 radical (unpaired) electrons. The van der Waals surface area contributed by atoms with E-state index in [1.54, 1.807) is 24.3 Å². The molecule has 1 saturated heterocycles. The number of aromatic nitrogens is 2. The maximum absolute atomic E-state index is 12.4. The van der Waals surface area contributed by atoms with Crippen LogP contribution in [-0.2, 0) is 21.5 Å². The summed E-state index contributed by atoms with van der Waals surface area (Å²) in [7, 11) is -2.57. The molecule has 2 heterocycles. The molecule has 122 valence electrons. The van der Waals surface area contributed by atoms with Gasteiger partial charge in [-0.1, -0.05) is 12.1 Å². The number of nitrogens with zero attached hydrogens (tertiary/aromatic N) is 4. The van der Waals surface area contributed by atoms with Crippen LogP contribution in [0.25, 0.3) is 10.9 Å². The van der Waals surface area contributed by atoms with Crippen molar-refractivity contribution in [1.29, 1.82) is 0 Å². The van der Waals surface area contributed by atoms with Crippen molar-refractivity contribution in [3.8, 4) is 0 Å². The largest absolute Gasteiger partial charge is 0.306 e. The van der Waals surface area contributed by atoms with Crippen molar-refractivity contribution >= 4 is 27.0 Å². The molecule has 1 fully saturated rings. The minimum absolute atomic E-state index is 0.0273. The van der Waals surface area contributed by atoms with Crippen LogP contribution in [0.4, 0.5) is 0 Å². The summed E-state index contributed by atoms with van der Waals surface area (Å²) in [5, 5.41) is 0.473. The number of carbonyl (C=O) groups excluding carboxylic acids is 1. The summed E-state index contributed by atoms with van der Waals surface area (Å²) in [4.78, 5) is 28.4. The molecule has 8 nitrogen and oxygen atoms in total. The van der Waals surface area contributed by atoms with Gasteiger partial charge in [0.2, 0.25) is 0 Å². The summed E-state index contributed by atoms with van der Waals surface area (Å²) < 4.78 is 27.5. The summed E-state index contributed by atoms with van der Waals surface area (Å²) in [6.07, 6.45) is 1.39. The first kappa shape index (κ1) is 15.6. The van der Waals surface area contributed by atoms with E-state index in [4.69, 9.17) is 0 Å². The van der Waals surface area contributed by atoms with Crippen molar-refractivity contribution in [2.45, 2.75) is 19.5 Å². The van der Waals surface area contributed by atoms with Crippen molar-refractivity contribution in [3.63, 3.8) is 0 Å². The van der Waals surface area contributed by atoms with Gasteiger partial charge in [0.05, 0.1) is 17.2 Å². The second-order valence-corrected chi connectivity index (χ2v) is 7.27. The highest BCUT2D eigenvalue weighted by Gasteiger charge is 2.45. The first-order valence-corrected chi connectivity index (χ1v) is 8.47. The zero-order valence-electron chi connectivity index (χ0n) is 12.7. The highest BCUT2D eigenvalue weighted by molar-refractivity contribution is 7.87. The van der Waals surface area contributed by atoms with E-state index in [2.05, 4.69) is 4.98 Å². The monoisotopic (exact) mass is 336 g/mol. The average Bonchev–Trinajstić information content (AvgIpc) is 2.68. The second-order valence-electron chi connectivity index (χ2n) is 5.36. The fourth-order valence-electron chi connectivity index (χ4n) is 2.64. The lowest BCUT2D eigenvalue weighted by atomic mass is 10.2. The van der Waals surface area contributed by atoms with E-state index in [1.165, 1.54) is 24.9 Å². The van der Waals surface area contributed by atoms with E-state index in [0.29, 0.717) is 10.9 Å². The number of hydrogen-bond acceptors (Lipinski definition) is 5. The molecule has 1 amide bonds. The zero-order valence-corrected chi connectivity index (χ0v) is 13.5. The molecule has 0 saturated carbocycles. The summed E-state index contributed by atoms with van der Waals surface area (Å²) in [6, 6.07) is 6.18. The Balaban J connectivity index is 1.88. The Hall–Kier alpha value is -2.26. The fraction of sp³-hybridized carbons (Fsp3) is 0.357. The van der Waals surface area contributed by atoms with Crippen LogP contribution in [0.1, 0.15) is 6.92 Å². The Morgan fingerprint density at radius 1 is 1.17 bits per heavy atom. The van der Waals surface area contributed by atoms with Crippen LogP contribution in [0.5, 0.6) is 0 Å². The highest BCUT2D eigenvalue weighted by Crippen LogP contribution is 2.21. The van der Waals surface area contributed by atoms with E-state index >= 15 is 0 Å². The lowest BCUT2D eigenvalue weighted by molar-refractivity contribution is -0.126. The highest BCUT2D eigenvalue weighted by atomic mass is 32.2. The summed E-state index contributed by atoms with van der Waals surface area (Å²) in [6.45, 7) is 1.69. The lowest BCUT2D eigenvalue weighted by Crippen LogP contribution is -2.38. The average molecular weight is 336 g/mol. The molecule has 9 heteroatoms. The first-order chi connectivity index (χ1) is 10.8. The van der Waals surface area contributed by atoms with Crippen molar-refractivity contribution in [3.05, 3.63) is 40.9 Å². The molecule has 0 aliphatic carbocycles. The van der Waals surface area contributed by atoms with Crippen LogP contribution in [-0.4, -0.2) is 52.1 Å². The van der Waals surface area contributed by atoms with Gasteiger partial charge in [-0.25, -0.2) is 9.29 Å². The number of amides is 1. The molecule has 1 aliphatic heterocycles. The fourth-order valence-corrected chi connectivity index (χ4v) is 4.13. The van der Waals surface area contributed by atoms with Gasteiger partial charge in [0, 0.05) is 20.1 Å². The molecule has 0 spiro atoms. The maximum Gasteiger partial charge on any atom is 0.306 e. The number of rotatable bonds is 3. The Morgan fingerprint density at radius 2 is 1.87 bits per heavy atom. The minimum atomic E-state index is -3.81. The predicted molar refractivity (Wildman–Crippen MR) is 83.9 cm³/mol. The number of hydrogen-bond donors (Lipinski definition) is 0. The summed E-state index contributed by atoms with van der Waals surface area (Å²) in [5.74, 6) is -0.478. The second kappa shape index (κ2) is 5.43. The van der Waals surface area contributed by atoms with Crippen molar-refractivity contribution < 1.29 is 13.2 Å². The van der Waals surface area contributed by atoms with Crippen LogP contribution in [0.3, 0.4) is 0 Å². The first-order valence-electron chi connectivity index (χ1n) is 7.08. The lowest BCUT2D eigenvalue weighted by Gasteiger charge is -2.18. The molecule has 23 heavy (non-hydrogen) atoms. The van der Waals surface area contributed by atoms with Crippen LogP contribution in [0.15, 0.2) is 35.4 Å². The molecule has 1 aromatic carbocycles. The van der Waals surface area contributed by atoms with Crippen LogP contribution in [0.2, 0.25) is 0 Å². The van der Waals surface area contributed by atoms with Crippen molar-refractivity contribution in [2.75, 3.05) is 13.6 Å². The van der Waals surface area contributed by atoms with Gasteiger partial charge in [0.25, 0.3) is 11.5 Å². The van der Waals surface area contributed by atoms with Gasteiger partial charge in [0.15, 0.2) is 0 Å². The van der Waals surface area contributed by atoms with Gasteiger partial charge in [-0.15, -0.1) is 0 Å². The van der Waals surface area contributed by atoms with E-state index in [-0.39, 0.29) is 18.6 Å². The van der Waals surface area contributed by atoms with Gasteiger partial charge in [-0.2, -0.15) is 12.7 Å². The van der Waals surface area contributed by atoms with Gasteiger partial charge >= 0.3 is 10.2 Å². The minimum Gasteiger partial charge on any atom is -0.297 e. The molecule has 1 aliphatic rings. The van der Waals surface area contributed by atoms with Gasteiger partial charge < -0.3 is 0 Å². The summed E-state index contributed by atoms with van der Waals surface area (Å²) in [5.41, 5.74) is 0.352. The van der Waals surface area contributed by atoms with Crippen LogP contribution >= 0.6 is 0 Å². The number of likely N-dealkylation sites (N-methyl/N-ethyl adjacent to an activating group) is 1. The molecular formula is C14H16N4O4S. The van der Waals surface area contributed by atoms with Gasteiger partial charge in [-0.05, 0) is 19.1 Å². The SMILES string of the molecule is CC1C(=O)N(C)S(=O)(=O)N1CCn1cnc2ccccc2c1=O. The molecule has 1 aromatic heterocycles. The molecule has 0 bridgehead atoms. The molecule has 1 atom stereocenters. The standard InChI is InChI=1S/C14H16N4O4S/c1-10-13(19)16(2)23(21,22)18(10)8-7-17-9-15-12-6-4-3-5-11(12)14(17)20/h3-6,9-10H,7-8H2,1-2H3. The molecule has 2 aromatic rings.